The van der Waals surface area contributed by atoms with Gasteiger partial charge >= 0.3 is 0 Å². The van der Waals surface area contributed by atoms with Crippen LogP contribution in [0.25, 0.3) is 17.1 Å². The highest BCUT2D eigenvalue weighted by Crippen LogP contribution is 2.22. The fraction of sp³-hybridized carbons (Fsp3) is 0. The van der Waals surface area contributed by atoms with Crippen LogP contribution in [-0.4, -0.2) is 24.7 Å². The lowest BCUT2D eigenvalue weighted by Gasteiger charge is -2.09. The molecule has 0 spiro atoms. The molecule has 0 fully saturated rings. The molecule has 0 bridgehead atoms. The predicted octanol–water partition coefficient (Wildman–Crippen LogP) is 4.79. The molecule has 144 valence electrons. The Morgan fingerprint density at radius 2 is 1.79 bits per heavy atom. The summed E-state index contributed by atoms with van der Waals surface area (Å²) in [5.74, 6) is 0.682. The van der Waals surface area contributed by atoms with Crippen molar-refractivity contribution >= 4 is 46.4 Å². The predicted molar refractivity (Wildman–Crippen MR) is 113 cm³/mol. The molecule has 0 unspecified atom stereocenters. The molecule has 0 aliphatic rings. The minimum atomic E-state index is -0.560. The van der Waals surface area contributed by atoms with Gasteiger partial charge in [0.1, 0.15) is 5.02 Å². The number of pyridine rings is 1. The summed E-state index contributed by atoms with van der Waals surface area (Å²) >= 11 is 17.8. The minimum Gasteiger partial charge on any atom is -0.324 e. The lowest BCUT2D eigenvalue weighted by Crippen LogP contribution is -2.22. The third kappa shape index (κ3) is 4.22. The molecular weight excluding hydrogens is 435 g/mol. The summed E-state index contributed by atoms with van der Waals surface area (Å²) in [6.45, 7) is 0. The standard InChI is InChI=1S/C19H11Cl3N6O/c20-12-2-1-3-13(9-12)26-19-24-7-5-15(27-19)11-4-6-23-16(8-11)28-18(29)17(22)14(21)10-25-28/h1-10H,(H,24,26,27). The SMILES string of the molecule is O=c1c(Cl)c(Cl)cnn1-c1cc(-c2ccnc(Nc3cccc(Cl)c3)n2)ccn1. The van der Waals surface area contributed by atoms with Gasteiger partial charge in [-0.25, -0.2) is 15.0 Å². The molecule has 0 atom stereocenters. The van der Waals surface area contributed by atoms with E-state index >= 15 is 0 Å². The van der Waals surface area contributed by atoms with Crippen LogP contribution in [0, 0.1) is 0 Å². The summed E-state index contributed by atoms with van der Waals surface area (Å²) in [6, 6.07) is 12.4. The zero-order chi connectivity index (χ0) is 20.4. The highest BCUT2D eigenvalue weighted by atomic mass is 35.5. The average molecular weight is 446 g/mol. The van der Waals surface area contributed by atoms with Gasteiger partial charge in [0.25, 0.3) is 5.56 Å². The molecule has 10 heteroatoms. The summed E-state index contributed by atoms with van der Waals surface area (Å²) in [4.78, 5) is 25.2. The molecule has 29 heavy (non-hydrogen) atoms. The van der Waals surface area contributed by atoms with Crippen LogP contribution >= 0.6 is 34.8 Å². The molecule has 0 radical (unpaired) electrons. The summed E-state index contributed by atoms with van der Waals surface area (Å²) in [6.07, 6.45) is 4.46. The van der Waals surface area contributed by atoms with E-state index in [9.17, 15) is 4.79 Å². The summed E-state index contributed by atoms with van der Waals surface area (Å²) < 4.78 is 1.07. The molecule has 3 heterocycles. The first-order chi connectivity index (χ1) is 14.0. The highest BCUT2D eigenvalue weighted by molar-refractivity contribution is 6.41. The lowest BCUT2D eigenvalue weighted by atomic mass is 10.2. The number of nitrogens with zero attached hydrogens (tertiary/aromatic N) is 5. The number of nitrogens with one attached hydrogen (secondary N) is 1. The van der Waals surface area contributed by atoms with Crippen LogP contribution in [0.3, 0.4) is 0 Å². The number of hydrogen-bond acceptors (Lipinski definition) is 6. The van der Waals surface area contributed by atoms with Crippen molar-refractivity contribution in [1.29, 1.82) is 0 Å². The highest BCUT2D eigenvalue weighted by Gasteiger charge is 2.11. The van der Waals surface area contributed by atoms with Crippen LogP contribution in [0.4, 0.5) is 11.6 Å². The van der Waals surface area contributed by atoms with Gasteiger partial charge in [-0.1, -0.05) is 40.9 Å². The van der Waals surface area contributed by atoms with Gasteiger partial charge < -0.3 is 5.32 Å². The molecule has 0 saturated heterocycles. The smallest absolute Gasteiger partial charge is 0.293 e. The van der Waals surface area contributed by atoms with Crippen molar-refractivity contribution < 1.29 is 0 Å². The Bertz CT molecular complexity index is 1260. The molecule has 1 aromatic carbocycles. The van der Waals surface area contributed by atoms with Crippen LogP contribution in [0.1, 0.15) is 0 Å². The van der Waals surface area contributed by atoms with Gasteiger partial charge in [0.05, 0.1) is 16.9 Å². The first kappa shape index (κ1) is 19.3. The molecule has 4 rings (SSSR count). The summed E-state index contributed by atoms with van der Waals surface area (Å²) in [7, 11) is 0. The summed E-state index contributed by atoms with van der Waals surface area (Å²) in [5, 5.41) is 7.66. The zero-order valence-corrected chi connectivity index (χ0v) is 16.8. The largest absolute Gasteiger partial charge is 0.324 e. The fourth-order valence-corrected chi connectivity index (χ4v) is 2.99. The lowest BCUT2D eigenvalue weighted by molar-refractivity contribution is 0.782. The molecule has 0 saturated carbocycles. The van der Waals surface area contributed by atoms with Gasteiger partial charge in [0.2, 0.25) is 5.95 Å². The molecule has 4 aromatic rings. The number of benzene rings is 1. The Hall–Kier alpha value is -3.00. The fourth-order valence-electron chi connectivity index (χ4n) is 2.54. The van der Waals surface area contributed by atoms with Crippen molar-refractivity contribution in [3.63, 3.8) is 0 Å². The monoisotopic (exact) mass is 444 g/mol. The Balaban J connectivity index is 1.69. The Morgan fingerprint density at radius 3 is 2.62 bits per heavy atom. The second kappa shape index (κ2) is 8.16. The van der Waals surface area contributed by atoms with Crippen LogP contribution in [0.5, 0.6) is 0 Å². The van der Waals surface area contributed by atoms with E-state index in [1.54, 1.807) is 42.7 Å². The van der Waals surface area contributed by atoms with Crippen molar-refractivity contribution in [1.82, 2.24) is 24.7 Å². The topological polar surface area (TPSA) is 85.6 Å². The van der Waals surface area contributed by atoms with Crippen molar-refractivity contribution in [2.24, 2.45) is 0 Å². The Kier molecular flexibility index (Phi) is 5.44. The molecule has 0 aliphatic carbocycles. The number of hydrogen-bond donors (Lipinski definition) is 1. The summed E-state index contributed by atoms with van der Waals surface area (Å²) in [5.41, 5.74) is 1.54. The van der Waals surface area contributed by atoms with E-state index in [0.717, 1.165) is 10.4 Å². The maximum absolute atomic E-state index is 12.3. The van der Waals surface area contributed by atoms with Crippen molar-refractivity contribution in [3.8, 4) is 17.1 Å². The zero-order valence-electron chi connectivity index (χ0n) is 14.6. The van der Waals surface area contributed by atoms with Gasteiger partial charge in [0, 0.05) is 28.7 Å². The normalized spacial score (nSPS) is 10.7. The maximum Gasteiger partial charge on any atom is 0.293 e. The number of halogens is 3. The second-order valence-electron chi connectivity index (χ2n) is 5.83. The van der Waals surface area contributed by atoms with Crippen LogP contribution in [0.2, 0.25) is 15.1 Å². The molecule has 0 amide bonds. The molecule has 1 N–H and O–H groups in total. The van der Waals surface area contributed by atoms with E-state index in [1.165, 1.54) is 6.20 Å². The molecule has 3 aromatic heterocycles. The van der Waals surface area contributed by atoms with E-state index in [4.69, 9.17) is 34.8 Å². The van der Waals surface area contributed by atoms with Gasteiger partial charge in [-0.3, -0.25) is 4.79 Å². The van der Waals surface area contributed by atoms with Crippen molar-refractivity contribution in [2.45, 2.75) is 0 Å². The quantitative estimate of drug-likeness (QED) is 0.486. The van der Waals surface area contributed by atoms with Gasteiger partial charge in [-0.05, 0) is 36.4 Å². The van der Waals surface area contributed by atoms with Crippen molar-refractivity contribution in [3.05, 3.63) is 86.5 Å². The third-order valence-electron chi connectivity index (χ3n) is 3.87. The van der Waals surface area contributed by atoms with Gasteiger partial charge in [0.15, 0.2) is 5.82 Å². The van der Waals surface area contributed by atoms with Crippen molar-refractivity contribution in [2.75, 3.05) is 5.32 Å². The number of aromatic nitrogens is 5. The second-order valence-corrected chi connectivity index (χ2v) is 7.05. The van der Waals surface area contributed by atoms with Crippen LogP contribution < -0.4 is 10.9 Å². The van der Waals surface area contributed by atoms with E-state index in [1.807, 2.05) is 12.1 Å². The van der Waals surface area contributed by atoms with E-state index in [0.29, 0.717) is 22.2 Å². The number of anilines is 2. The minimum absolute atomic E-state index is 0.0802. The van der Waals surface area contributed by atoms with Crippen LogP contribution in [0.15, 0.2) is 65.8 Å². The maximum atomic E-state index is 12.3. The first-order valence-corrected chi connectivity index (χ1v) is 9.40. The third-order valence-corrected chi connectivity index (χ3v) is 4.85. The Morgan fingerprint density at radius 1 is 0.966 bits per heavy atom. The molecule has 0 aliphatic heterocycles. The van der Waals surface area contributed by atoms with Crippen LogP contribution in [-0.2, 0) is 0 Å². The van der Waals surface area contributed by atoms with E-state index in [2.05, 4.69) is 25.4 Å². The average Bonchev–Trinajstić information content (AvgIpc) is 2.72. The first-order valence-electron chi connectivity index (χ1n) is 8.27. The molecular formula is C19H11Cl3N6O. The van der Waals surface area contributed by atoms with Gasteiger partial charge in [-0.15, -0.1) is 0 Å². The van der Waals surface area contributed by atoms with E-state index < -0.39 is 5.56 Å². The Labute approximate surface area is 180 Å². The number of rotatable bonds is 4. The van der Waals surface area contributed by atoms with E-state index in [-0.39, 0.29) is 15.9 Å². The molecule has 7 nitrogen and oxygen atoms in total. The van der Waals surface area contributed by atoms with Gasteiger partial charge in [-0.2, -0.15) is 9.78 Å².